The Bertz CT molecular complexity index is 1070. The molecule has 0 aliphatic carbocycles. The number of benzene rings is 2. The SMILES string of the molecule is CC(F)(F)c1cccc(CSc2nc(O)c(C#N)c3ccc(F)cc23)c1F. The van der Waals surface area contributed by atoms with E-state index >= 15 is 0 Å². The first kappa shape index (κ1) is 19.0. The Morgan fingerprint density at radius 3 is 2.59 bits per heavy atom. The van der Waals surface area contributed by atoms with Gasteiger partial charge in [0.15, 0.2) is 0 Å². The fraction of sp³-hybridized carbons (Fsp3) is 0.158. The second-order valence-corrected chi connectivity index (χ2v) is 6.84. The Labute approximate surface area is 156 Å². The van der Waals surface area contributed by atoms with Crippen LogP contribution in [0.4, 0.5) is 17.6 Å². The van der Waals surface area contributed by atoms with Crippen molar-refractivity contribution in [3.63, 3.8) is 0 Å². The van der Waals surface area contributed by atoms with Crippen LogP contribution in [0.15, 0.2) is 41.4 Å². The molecular formula is C19H12F4N2OS. The lowest BCUT2D eigenvalue weighted by Gasteiger charge is -2.14. The highest BCUT2D eigenvalue weighted by Gasteiger charge is 2.29. The zero-order valence-corrected chi connectivity index (χ0v) is 14.7. The number of aromatic hydroxyl groups is 1. The molecule has 0 amide bonds. The lowest BCUT2D eigenvalue weighted by atomic mass is 10.1. The monoisotopic (exact) mass is 392 g/mol. The van der Waals surface area contributed by atoms with Crippen LogP contribution in [0.25, 0.3) is 10.8 Å². The summed E-state index contributed by atoms with van der Waals surface area (Å²) in [5.74, 6) is -5.52. The van der Waals surface area contributed by atoms with Crippen molar-refractivity contribution in [1.29, 1.82) is 5.26 Å². The lowest BCUT2D eigenvalue weighted by Crippen LogP contribution is -2.11. The Balaban J connectivity index is 2.02. The van der Waals surface area contributed by atoms with Crippen molar-refractivity contribution in [2.75, 3.05) is 0 Å². The van der Waals surface area contributed by atoms with E-state index < -0.39 is 29.0 Å². The third-order valence-corrected chi connectivity index (χ3v) is 4.98. The highest BCUT2D eigenvalue weighted by atomic mass is 32.2. The van der Waals surface area contributed by atoms with E-state index in [4.69, 9.17) is 5.26 Å². The third-order valence-electron chi connectivity index (χ3n) is 3.94. The smallest absolute Gasteiger partial charge is 0.273 e. The van der Waals surface area contributed by atoms with Crippen molar-refractivity contribution >= 4 is 22.5 Å². The largest absolute Gasteiger partial charge is 0.492 e. The molecule has 0 saturated heterocycles. The Kier molecular flexibility index (Phi) is 4.98. The van der Waals surface area contributed by atoms with Gasteiger partial charge in [-0.25, -0.2) is 22.5 Å². The van der Waals surface area contributed by atoms with Crippen molar-refractivity contribution in [2.24, 2.45) is 0 Å². The summed E-state index contributed by atoms with van der Waals surface area (Å²) in [5.41, 5.74) is -0.797. The second kappa shape index (κ2) is 7.08. The molecule has 3 nitrogen and oxygen atoms in total. The molecule has 27 heavy (non-hydrogen) atoms. The molecule has 0 fully saturated rings. The number of nitrogens with zero attached hydrogens (tertiary/aromatic N) is 2. The van der Waals surface area contributed by atoms with Gasteiger partial charge in [-0.2, -0.15) is 5.26 Å². The van der Waals surface area contributed by atoms with Crippen LogP contribution in [0.1, 0.15) is 23.6 Å². The summed E-state index contributed by atoms with van der Waals surface area (Å²) < 4.78 is 55.0. The van der Waals surface area contributed by atoms with Gasteiger partial charge in [-0.3, -0.25) is 0 Å². The van der Waals surface area contributed by atoms with Gasteiger partial charge < -0.3 is 5.11 Å². The number of halogens is 4. The van der Waals surface area contributed by atoms with E-state index in [0.29, 0.717) is 12.3 Å². The van der Waals surface area contributed by atoms with Gasteiger partial charge in [0.25, 0.3) is 5.92 Å². The quantitative estimate of drug-likeness (QED) is 0.471. The summed E-state index contributed by atoms with van der Waals surface area (Å²) in [6, 6.07) is 9.14. The Hall–Kier alpha value is -2.79. The third kappa shape index (κ3) is 3.69. The fourth-order valence-electron chi connectivity index (χ4n) is 2.64. The van der Waals surface area contributed by atoms with Crippen LogP contribution >= 0.6 is 11.8 Å². The summed E-state index contributed by atoms with van der Waals surface area (Å²) in [6.45, 7) is 0.610. The van der Waals surface area contributed by atoms with Gasteiger partial charge in [0, 0.05) is 23.4 Å². The number of alkyl halides is 2. The predicted octanol–water partition coefficient (Wildman–Crippen LogP) is 5.49. The molecule has 0 bridgehead atoms. The van der Waals surface area contributed by atoms with E-state index in [1.807, 2.05) is 0 Å². The number of rotatable bonds is 4. The average molecular weight is 392 g/mol. The first-order valence-electron chi connectivity index (χ1n) is 7.73. The van der Waals surface area contributed by atoms with Gasteiger partial charge >= 0.3 is 0 Å². The van der Waals surface area contributed by atoms with E-state index in [1.54, 1.807) is 6.07 Å². The van der Waals surface area contributed by atoms with E-state index in [2.05, 4.69) is 4.98 Å². The van der Waals surface area contributed by atoms with E-state index in [0.717, 1.165) is 30.0 Å². The predicted molar refractivity (Wildman–Crippen MR) is 93.6 cm³/mol. The molecule has 0 atom stereocenters. The van der Waals surface area contributed by atoms with Crippen LogP contribution in [0.3, 0.4) is 0 Å². The van der Waals surface area contributed by atoms with Crippen LogP contribution in [-0.2, 0) is 11.7 Å². The lowest BCUT2D eigenvalue weighted by molar-refractivity contribution is 0.0136. The molecule has 3 aromatic rings. The maximum atomic E-state index is 14.4. The van der Waals surface area contributed by atoms with Gasteiger partial charge in [-0.05, 0) is 23.8 Å². The number of fused-ring (bicyclic) bond motifs is 1. The normalized spacial score (nSPS) is 11.6. The summed E-state index contributed by atoms with van der Waals surface area (Å²) >= 11 is 0.946. The summed E-state index contributed by atoms with van der Waals surface area (Å²) in [4.78, 5) is 3.89. The minimum Gasteiger partial charge on any atom is -0.492 e. The number of aromatic nitrogens is 1. The zero-order valence-electron chi connectivity index (χ0n) is 13.9. The first-order chi connectivity index (χ1) is 12.7. The van der Waals surface area contributed by atoms with Crippen LogP contribution in [0.5, 0.6) is 5.88 Å². The van der Waals surface area contributed by atoms with Crippen molar-refractivity contribution in [1.82, 2.24) is 4.98 Å². The molecular weight excluding hydrogens is 380 g/mol. The summed E-state index contributed by atoms with van der Waals surface area (Å²) in [6.07, 6.45) is 0. The molecule has 0 radical (unpaired) electrons. The molecule has 0 aliphatic heterocycles. The second-order valence-electron chi connectivity index (χ2n) is 5.87. The van der Waals surface area contributed by atoms with Gasteiger partial charge in [0.1, 0.15) is 28.3 Å². The van der Waals surface area contributed by atoms with Gasteiger partial charge in [0.2, 0.25) is 5.88 Å². The Morgan fingerprint density at radius 1 is 1.19 bits per heavy atom. The van der Waals surface area contributed by atoms with E-state index in [1.165, 1.54) is 18.2 Å². The Morgan fingerprint density at radius 2 is 1.93 bits per heavy atom. The van der Waals surface area contributed by atoms with Crippen LogP contribution < -0.4 is 0 Å². The molecule has 8 heteroatoms. The topological polar surface area (TPSA) is 56.9 Å². The molecule has 0 saturated carbocycles. The molecule has 2 aromatic carbocycles. The van der Waals surface area contributed by atoms with Gasteiger partial charge in [-0.1, -0.05) is 18.2 Å². The van der Waals surface area contributed by atoms with Crippen LogP contribution in [0, 0.1) is 23.0 Å². The highest BCUT2D eigenvalue weighted by molar-refractivity contribution is 7.98. The van der Waals surface area contributed by atoms with Crippen molar-refractivity contribution < 1.29 is 22.7 Å². The number of pyridine rings is 1. The van der Waals surface area contributed by atoms with Crippen molar-refractivity contribution in [3.8, 4) is 11.9 Å². The van der Waals surface area contributed by atoms with Crippen molar-refractivity contribution in [3.05, 3.63) is 64.7 Å². The molecule has 0 spiro atoms. The van der Waals surface area contributed by atoms with Gasteiger partial charge in [-0.15, -0.1) is 11.8 Å². The summed E-state index contributed by atoms with van der Waals surface area (Å²) in [7, 11) is 0. The molecule has 1 N–H and O–H groups in total. The van der Waals surface area contributed by atoms with Crippen LogP contribution in [-0.4, -0.2) is 10.1 Å². The number of nitriles is 1. The number of thioether (sulfide) groups is 1. The fourth-order valence-corrected chi connectivity index (χ4v) is 3.63. The molecule has 1 aromatic heterocycles. The molecule has 1 heterocycles. The standard InChI is InChI=1S/C19H12F4N2OS/c1-19(22,23)15-4-2-3-10(16(15)21)9-27-18-13-7-11(20)5-6-12(13)14(8-24)17(26)25-18/h2-7H,9H2,1H3,(H,25,26). The molecule has 0 unspecified atom stereocenters. The molecule has 3 rings (SSSR count). The first-order valence-corrected chi connectivity index (χ1v) is 8.71. The van der Waals surface area contributed by atoms with Gasteiger partial charge in [0.05, 0.1) is 5.56 Å². The van der Waals surface area contributed by atoms with Crippen molar-refractivity contribution in [2.45, 2.75) is 23.6 Å². The average Bonchev–Trinajstić information content (AvgIpc) is 2.60. The maximum absolute atomic E-state index is 14.4. The molecule has 138 valence electrons. The minimum atomic E-state index is -3.33. The maximum Gasteiger partial charge on any atom is 0.273 e. The number of hydrogen-bond acceptors (Lipinski definition) is 4. The van der Waals surface area contributed by atoms with Crippen LogP contribution in [0.2, 0.25) is 0 Å². The highest BCUT2D eigenvalue weighted by Crippen LogP contribution is 2.36. The number of hydrogen-bond donors (Lipinski definition) is 1. The molecule has 0 aliphatic rings. The summed E-state index contributed by atoms with van der Waals surface area (Å²) in [5, 5.41) is 19.8. The van der Waals surface area contributed by atoms with E-state index in [9.17, 15) is 22.7 Å². The zero-order chi connectivity index (χ0) is 19.8. The van der Waals surface area contributed by atoms with E-state index in [-0.39, 0.29) is 27.3 Å². The minimum absolute atomic E-state index is 0.0224.